The smallest absolute Gasteiger partial charge is 0.320 e. The SMILES string of the molecule is CCCC1(CCC)CC(Sc2cccc(F)c2)(C(=O)O)C1. The van der Waals surface area contributed by atoms with Crippen molar-refractivity contribution in [3.05, 3.63) is 30.1 Å². The van der Waals surface area contributed by atoms with Crippen LogP contribution in [-0.4, -0.2) is 15.8 Å². The number of carboxylic acids is 1. The molecule has 0 radical (unpaired) electrons. The van der Waals surface area contributed by atoms with Crippen molar-refractivity contribution in [3.8, 4) is 0 Å². The van der Waals surface area contributed by atoms with E-state index in [2.05, 4.69) is 13.8 Å². The number of benzene rings is 1. The fourth-order valence-electron chi connectivity index (χ4n) is 3.72. The average molecular weight is 310 g/mol. The van der Waals surface area contributed by atoms with E-state index in [0.717, 1.165) is 25.7 Å². The van der Waals surface area contributed by atoms with Gasteiger partial charge >= 0.3 is 5.97 Å². The second kappa shape index (κ2) is 6.39. The zero-order chi connectivity index (χ0) is 15.5. The van der Waals surface area contributed by atoms with Crippen LogP contribution in [0.2, 0.25) is 0 Å². The highest BCUT2D eigenvalue weighted by Gasteiger charge is 2.58. The van der Waals surface area contributed by atoms with Crippen molar-refractivity contribution in [2.24, 2.45) is 5.41 Å². The highest BCUT2D eigenvalue weighted by atomic mass is 32.2. The molecule has 0 unspecified atom stereocenters. The molecule has 0 aliphatic heterocycles. The number of carboxylic acid groups (broad SMARTS) is 1. The lowest BCUT2D eigenvalue weighted by atomic mass is 9.57. The predicted molar refractivity (Wildman–Crippen MR) is 84.1 cm³/mol. The van der Waals surface area contributed by atoms with Gasteiger partial charge in [-0.15, -0.1) is 11.8 Å². The van der Waals surface area contributed by atoms with Gasteiger partial charge in [-0.3, -0.25) is 4.79 Å². The maximum Gasteiger partial charge on any atom is 0.320 e. The van der Waals surface area contributed by atoms with Crippen molar-refractivity contribution >= 4 is 17.7 Å². The van der Waals surface area contributed by atoms with Gasteiger partial charge in [0.2, 0.25) is 0 Å². The molecule has 0 amide bonds. The summed E-state index contributed by atoms with van der Waals surface area (Å²) in [5.41, 5.74) is 0.169. The van der Waals surface area contributed by atoms with Crippen LogP contribution in [0.1, 0.15) is 52.4 Å². The summed E-state index contributed by atoms with van der Waals surface area (Å²) in [4.78, 5) is 12.5. The largest absolute Gasteiger partial charge is 0.480 e. The van der Waals surface area contributed by atoms with Crippen molar-refractivity contribution in [2.75, 3.05) is 0 Å². The molecule has 1 saturated carbocycles. The molecule has 1 N–H and O–H groups in total. The molecule has 0 spiro atoms. The Bertz CT molecular complexity index is 501. The molecule has 0 atom stereocenters. The summed E-state index contributed by atoms with van der Waals surface area (Å²) in [5.74, 6) is -1.08. The van der Waals surface area contributed by atoms with Crippen LogP contribution in [0.15, 0.2) is 29.2 Å². The monoisotopic (exact) mass is 310 g/mol. The fraction of sp³-hybridized carbons (Fsp3) is 0.588. The third kappa shape index (κ3) is 3.42. The van der Waals surface area contributed by atoms with Gasteiger partial charge in [-0.1, -0.05) is 32.8 Å². The van der Waals surface area contributed by atoms with Crippen LogP contribution in [0.5, 0.6) is 0 Å². The van der Waals surface area contributed by atoms with Gasteiger partial charge in [0.1, 0.15) is 10.6 Å². The first-order valence-electron chi connectivity index (χ1n) is 7.63. The highest BCUT2D eigenvalue weighted by Crippen LogP contribution is 2.61. The maximum absolute atomic E-state index is 13.3. The van der Waals surface area contributed by atoms with E-state index in [1.54, 1.807) is 12.1 Å². The zero-order valence-corrected chi connectivity index (χ0v) is 13.5. The zero-order valence-electron chi connectivity index (χ0n) is 12.7. The van der Waals surface area contributed by atoms with E-state index in [0.29, 0.717) is 17.7 Å². The quantitative estimate of drug-likeness (QED) is 0.759. The van der Waals surface area contributed by atoms with Crippen LogP contribution in [0.25, 0.3) is 0 Å². The van der Waals surface area contributed by atoms with Gasteiger partial charge in [0.25, 0.3) is 0 Å². The maximum atomic E-state index is 13.3. The summed E-state index contributed by atoms with van der Waals surface area (Å²) in [6.45, 7) is 4.30. The Hall–Kier alpha value is -1.03. The topological polar surface area (TPSA) is 37.3 Å². The Morgan fingerprint density at radius 3 is 2.38 bits per heavy atom. The predicted octanol–water partition coefficient (Wildman–Crippen LogP) is 5.12. The Kier molecular flexibility index (Phi) is 4.97. The minimum atomic E-state index is -0.780. The molecule has 1 aliphatic carbocycles. The van der Waals surface area contributed by atoms with E-state index in [9.17, 15) is 14.3 Å². The molecule has 1 fully saturated rings. The molecule has 0 heterocycles. The molecule has 2 nitrogen and oxygen atoms in total. The van der Waals surface area contributed by atoms with Gasteiger partial charge in [-0.25, -0.2) is 4.39 Å². The van der Waals surface area contributed by atoms with Crippen LogP contribution >= 0.6 is 11.8 Å². The van der Waals surface area contributed by atoms with Gasteiger partial charge in [-0.2, -0.15) is 0 Å². The molecule has 4 heteroatoms. The number of halogens is 1. The third-order valence-electron chi connectivity index (χ3n) is 4.38. The van der Waals surface area contributed by atoms with Crippen molar-refractivity contribution < 1.29 is 14.3 Å². The van der Waals surface area contributed by atoms with Crippen molar-refractivity contribution in [1.29, 1.82) is 0 Å². The van der Waals surface area contributed by atoms with Gasteiger partial charge in [0.15, 0.2) is 0 Å². The summed E-state index contributed by atoms with van der Waals surface area (Å²) in [6.07, 6.45) is 5.72. The Morgan fingerprint density at radius 1 is 1.29 bits per heavy atom. The van der Waals surface area contributed by atoms with Crippen molar-refractivity contribution in [3.63, 3.8) is 0 Å². The number of hydrogen-bond donors (Lipinski definition) is 1. The number of carbonyl (C=O) groups is 1. The number of hydrogen-bond acceptors (Lipinski definition) is 2. The van der Waals surface area contributed by atoms with Gasteiger partial charge < -0.3 is 5.11 Å². The molecular weight excluding hydrogens is 287 g/mol. The van der Waals surface area contributed by atoms with Crippen LogP contribution < -0.4 is 0 Å². The highest BCUT2D eigenvalue weighted by molar-refractivity contribution is 8.01. The molecule has 0 bridgehead atoms. The van der Waals surface area contributed by atoms with Gasteiger partial charge in [-0.05, 0) is 49.3 Å². The number of aliphatic carboxylic acids is 1. The van der Waals surface area contributed by atoms with Gasteiger partial charge in [0.05, 0.1) is 0 Å². The van der Waals surface area contributed by atoms with Crippen LogP contribution in [-0.2, 0) is 4.79 Å². The normalized spacial score (nSPS) is 19.0. The number of rotatable bonds is 7. The first kappa shape index (κ1) is 16.3. The molecule has 116 valence electrons. The molecule has 0 saturated heterocycles. The Morgan fingerprint density at radius 2 is 1.90 bits per heavy atom. The summed E-state index contributed by atoms with van der Waals surface area (Å²) in [5, 5.41) is 9.67. The Labute approximate surface area is 130 Å². The van der Waals surface area contributed by atoms with E-state index in [1.165, 1.54) is 23.9 Å². The van der Waals surface area contributed by atoms with Crippen molar-refractivity contribution in [2.45, 2.75) is 62.0 Å². The fourth-order valence-corrected chi connectivity index (χ4v) is 5.34. The van der Waals surface area contributed by atoms with Gasteiger partial charge in [0, 0.05) is 4.90 Å². The van der Waals surface area contributed by atoms with Crippen LogP contribution in [0.4, 0.5) is 4.39 Å². The van der Waals surface area contributed by atoms with E-state index < -0.39 is 10.7 Å². The lowest BCUT2D eigenvalue weighted by Crippen LogP contribution is -2.54. The van der Waals surface area contributed by atoms with E-state index in [-0.39, 0.29) is 11.2 Å². The lowest BCUT2D eigenvalue weighted by molar-refractivity contribution is -0.147. The molecule has 2 rings (SSSR count). The van der Waals surface area contributed by atoms with E-state index in [1.807, 2.05) is 0 Å². The summed E-state index contributed by atoms with van der Waals surface area (Å²) in [6, 6.07) is 6.24. The summed E-state index contributed by atoms with van der Waals surface area (Å²) < 4.78 is 12.5. The second-order valence-electron chi connectivity index (χ2n) is 6.21. The molecule has 1 aromatic rings. The van der Waals surface area contributed by atoms with Crippen LogP contribution in [0.3, 0.4) is 0 Å². The summed E-state index contributed by atoms with van der Waals surface area (Å²) in [7, 11) is 0. The first-order valence-corrected chi connectivity index (χ1v) is 8.45. The van der Waals surface area contributed by atoms with E-state index >= 15 is 0 Å². The molecular formula is C17H23FO2S. The molecule has 1 aliphatic rings. The lowest BCUT2D eigenvalue weighted by Gasteiger charge is -2.54. The molecule has 1 aromatic carbocycles. The minimum Gasteiger partial charge on any atom is -0.480 e. The average Bonchev–Trinajstić information content (AvgIpc) is 2.36. The molecule has 0 aromatic heterocycles. The molecule has 21 heavy (non-hydrogen) atoms. The summed E-state index contributed by atoms with van der Waals surface area (Å²) >= 11 is 1.31. The second-order valence-corrected chi connectivity index (χ2v) is 7.67. The van der Waals surface area contributed by atoms with Crippen LogP contribution in [0, 0.1) is 11.2 Å². The minimum absolute atomic E-state index is 0.169. The Balaban J connectivity index is 2.16. The third-order valence-corrected chi connectivity index (χ3v) is 5.72. The van der Waals surface area contributed by atoms with Crippen molar-refractivity contribution in [1.82, 2.24) is 0 Å². The van der Waals surface area contributed by atoms with E-state index in [4.69, 9.17) is 0 Å². The standard InChI is InChI=1S/C17H23FO2S/c1-3-8-16(9-4-2)11-17(12-16,15(19)20)21-14-7-5-6-13(18)10-14/h5-7,10H,3-4,8-9,11-12H2,1-2H3,(H,19,20). The number of thioether (sulfide) groups is 1. The first-order chi connectivity index (χ1) is 9.95.